The standard InChI is InChI=1S/C20H19F3N4O/c21-14-5-16(23)15(22)4-13(14)19-17(24)3-12(9-28-19)27-7-11-6-25-20(10-1-2-10)26-18(11)8-27/h4-8,10,12,17,19H,1-3,9,24H2/t12-,17+,19-/m1/s1. The Morgan fingerprint density at radius 1 is 1.07 bits per heavy atom. The Kier molecular flexibility index (Phi) is 4.13. The van der Waals surface area contributed by atoms with Gasteiger partial charge in [0.25, 0.3) is 0 Å². The van der Waals surface area contributed by atoms with Gasteiger partial charge in [0, 0.05) is 47.6 Å². The van der Waals surface area contributed by atoms with Crippen molar-refractivity contribution in [1.82, 2.24) is 14.5 Å². The van der Waals surface area contributed by atoms with Gasteiger partial charge >= 0.3 is 0 Å². The number of hydrogen-bond donors (Lipinski definition) is 1. The van der Waals surface area contributed by atoms with Gasteiger partial charge in [-0.1, -0.05) is 0 Å². The van der Waals surface area contributed by atoms with Crippen molar-refractivity contribution in [2.75, 3.05) is 6.61 Å². The van der Waals surface area contributed by atoms with E-state index < -0.39 is 29.6 Å². The van der Waals surface area contributed by atoms with E-state index in [0.717, 1.165) is 35.6 Å². The van der Waals surface area contributed by atoms with Gasteiger partial charge in [0.2, 0.25) is 0 Å². The molecule has 0 radical (unpaired) electrons. The quantitative estimate of drug-likeness (QED) is 0.694. The summed E-state index contributed by atoms with van der Waals surface area (Å²) in [4.78, 5) is 9.06. The Morgan fingerprint density at radius 3 is 2.61 bits per heavy atom. The van der Waals surface area contributed by atoms with Gasteiger partial charge in [0.05, 0.1) is 18.2 Å². The number of nitrogens with two attached hydrogens (primary N) is 1. The van der Waals surface area contributed by atoms with Crippen molar-refractivity contribution < 1.29 is 17.9 Å². The van der Waals surface area contributed by atoms with E-state index in [1.165, 1.54) is 0 Å². The van der Waals surface area contributed by atoms with Gasteiger partial charge in [-0.05, 0) is 25.3 Å². The molecule has 5 nitrogen and oxygen atoms in total. The lowest BCUT2D eigenvalue weighted by atomic mass is 9.94. The predicted molar refractivity (Wildman–Crippen MR) is 96.1 cm³/mol. The summed E-state index contributed by atoms with van der Waals surface area (Å²) in [6.45, 7) is 0.278. The van der Waals surface area contributed by atoms with Crippen LogP contribution in [0, 0.1) is 17.5 Å². The summed E-state index contributed by atoms with van der Waals surface area (Å²) < 4.78 is 48.6. The van der Waals surface area contributed by atoms with E-state index in [-0.39, 0.29) is 18.2 Å². The third-order valence-electron chi connectivity index (χ3n) is 5.54. The predicted octanol–water partition coefficient (Wildman–Crippen LogP) is 3.76. The molecule has 3 heterocycles. The van der Waals surface area contributed by atoms with Gasteiger partial charge in [-0.25, -0.2) is 23.1 Å². The molecule has 0 bridgehead atoms. The first-order valence-corrected chi connectivity index (χ1v) is 9.35. The van der Waals surface area contributed by atoms with E-state index in [0.29, 0.717) is 18.4 Å². The fourth-order valence-electron chi connectivity index (χ4n) is 3.84. The zero-order valence-corrected chi connectivity index (χ0v) is 15.0. The molecule has 5 rings (SSSR count). The van der Waals surface area contributed by atoms with Crippen LogP contribution < -0.4 is 5.73 Å². The van der Waals surface area contributed by atoms with Crippen molar-refractivity contribution in [3.8, 4) is 0 Å². The maximum Gasteiger partial charge on any atom is 0.161 e. The number of halogens is 3. The second-order valence-electron chi connectivity index (χ2n) is 7.64. The van der Waals surface area contributed by atoms with Crippen LogP contribution >= 0.6 is 0 Å². The average Bonchev–Trinajstić information content (AvgIpc) is 3.43. The summed E-state index contributed by atoms with van der Waals surface area (Å²) in [6.07, 6.45) is 7.69. The van der Waals surface area contributed by atoms with Crippen LogP contribution in [0.5, 0.6) is 0 Å². The van der Waals surface area contributed by atoms with Crippen LogP contribution in [0.25, 0.3) is 10.9 Å². The molecule has 0 amide bonds. The smallest absolute Gasteiger partial charge is 0.161 e. The lowest BCUT2D eigenvalue weighted by Gasteiger charge is -2.35. The van der Waals surface area contributed by atoms with E-state index in [9.17, 15) is 13.2 Å². The topological polar surface area (TPSA) is 66.0 Å². The highest BCUT2D eigenvalue weighted by Crippen LogP contribution is 2.39. The average molecular weight is 388 g/mol. The van der Waals surface area contributed by atoms with Gasteiger partial charge in [-0.15, -0.1) is 0 Å². The van der Waals surface area contributed by atoms with Gasteiger partial charge in [0.1, 0.15) is 17.7 Å². The highest BCUT2D eigenvalue weighted by atomic mass is 19.2. The summed E-state index contributed by atoms with van der Waals surface area (Å²) in [6, 6.07) is 0.741. The zero-order valence-electron chi connectivity index (χ0n) is 15.0. The maximum atomic E-state index is 14.1. The third kappa shape index (κ3) is 3.06. The highest BCUT2D eigenvalue weighted by molar-refractivity contribution is 5.77. The number of nitrogens with zero attached hydrogens (tertiary/aromatic N) is 3. The van der Waals surface area contributed by atoms with Gasteiger partial charge in [0.15, 0.2) is 11.6 Å². The van der Waals surface area contributed by atoms with Crippen molar-refractivity contribution in [1.29, 1.82) is 0 Å². The molecule has 1 aliphatic carbocycles. The summed E-state index contributed by atoms with van der Waals surface area (Å²) in [7, 11) is 0. The number of rotatable bonds is 3. The summed E-state index contributed by atoms with van der Waals surface area (Å²) in [5.41, 5.74) is 7.03. The molecule has 28 heavy (non-hydrogen) atoms. The number of aromatic nitrogens is 3. The van der Waals surface area contributed by atoms with Crippen LogP contribution in [-0.2, 0) is 4.74 Å². The lowest BCUT2D eigenvalue weighted by molar-refractivity contribution is -0.0288. The zero-order chi connectivity index (χ0) is 19.4. The number of ether oxygens (including phenoxy) is 1. The Hall–Kier alpha value is -2.45. The molecule has 2 aromatic heterocycles. The number of hydrogen-bond acceptors (Lipinski definition) is 4. The fraction of sp³-hybridized carbons (Fsp3) is 0.400. The maximum absolute atomic E-state index is 14.1. The number of fused-ring (bicyclic) bond motifs is 1. The molecular formula is C20H19F3N4O. The molecule has 1 aliphatic heterocycles. The van der Waals surface area contributed by atoms with Crippen LogP contribution in [0.3, 0.4) is 0 Å². The van der Waals surface area contributed by atoms with Crippen LogP contribution in [0.4, 0.5) is 13.2 Å². The van der Waals surface area contributed by atoms with E-state index >= 15 is 0 Å². The second kappa shape index (κ2) is 6.56. The molecule has 146 valence electrons. The third-order valence-corrected chi connectivity index (χ3v) is 5.54. The molecule has 3 aromatic rings. The first-order chi connectivity index (χ1) is 13.5. The van der Waals surface area contributed by atoms with E-state index in [1.54, 1.807) is 0 Å². The van der Waals surface area contributed by atoms with E-state index in [1.807, 2.05) is 23.2 Å². The normalized spacial score (nSPS) is 25.4. The first-order valence-electron chi connectivity index (χ1n) is 9.35. The van der Waals surface area contributed by atoms with Gasteiger partial charge in [-0.3, -0.25) is 0 Å². The van der Waals surface area contributed by atoms with Gasteiger partial charge in [-0.2, -0.15) is 0 Å². The van der Waals surface area contributed by atoms with Crippen molar-refractivity contribution in [2.45, 2.75) is 43.4 Å². The molecule has 3 atom stereocenters. The minimum absolute atomic E-state index is 0.0533. The molecule has 2 fully saturated rings. The molecule has 1 saturated heterocycles. The molecular weight excluding hydrogens is 369 g/mol. The van der Waals surface area contributed by atoms with Crippen molar-refractivity contribution in [2.24, 2.45) is 5.73 Å². The largest absolute Gasteiger partial charge is 0.370 e. The van der Waals surface area contributed by atoms with Crippen LogP contribution in [-0.4, -0.2) is 27.2 Å². The first kappa shape index (κ1) is 17.6. The molecule has 8 heteroatoms. The molecule has 2 N–H and O–H groups in total. The highest BCUT2D eigenvalue weighted by Gasteiger charge is 2.33. The minimum Gasteiger partial charge on any atom is -0.370 e. The number of benzene rings is 1. The van der Waals surface area contributed by atoms with Crippen molar-refractivity contribution >= 4 is 10.9 Å². The molecule has 2 aliphatic rings. The summed E-state index contributed by atoms with van der Waals surface area (Å²) in [5.74, 6) is -1.83. The molecule has 1 aromatic carbocycles. The Labute approximate surface area is 159 Å². The van der Waals surface area contributed by atoms with Gasteiger partial charge < -0.3 is 15.0 Å². The Balaban J connectivity index is 1.37. The van der Waals surface area contributed by atoms with E-state index in [4.69, 9.17) is 10.5 Å². The Morgan fingerprint density at radius 2 is 1.86 bits per heavy atom. The van der Waals surface area contributed by atoms with Crippen LogP contribution in [0.2, 0.25) is 0 Å². The lowest BCUT2D eigenvalue weighted by Crippen LogP contribution is -2.40. The minimum atomic E-state index is -1.23. The molecule has 0 spiro atoms. The fourth-order valence-corrected chi connectivity index (χ4v) is 3.84. The monoisotopic (exact) mass is 388 g/mol. The Bertz CT molecular complexity index is 1050. The summed E-state index contributed by atoms with van der Waals surface area (Å²) in [5, 5.41) is 0.937. The van der Waals surface area contributed by atoms with Crippen LogP contribution in [0.1, 0.15) is 48.7 Å². The molecule has 0 unspecified atom stereocenters. The van der Waals surface area contributed by atoms with E-state index in [2.05, 4.69) is 9.97 Å². The second-order valence-corrected chi connectivity index (χ2v) is 7.64. The van der Waals surface area contributed by atoms with Crippen LogP contribution in [0.15, 0.2) is 30.7 Å². The molecule has 1 saturated carbocycles. The van der Waals surface area contributed by atoms with Crippen molar-refractivity contribution in [3.63, 3.8) is 0 Å². The SMILES string of the molecule is N[C@H]1C[C@@H](n2cc3cnc(C4CC4)nc3c2)CO[C@@H]1c1cc(F)c(F)cc1F. The van der Waals surface area contributed by atoms with Crippen molar-refractivity contribution in [3.05, 3.63) is 59.6 Å². The summed E-state index contributed by atoms with van der Waals surface area (Å²) >= 11 is 0.